The van der Waals surface area contributed by atoms with Crippen molar-refractivity contribution >= 4 is 5.90 Å². The quantitative estimate of drug-likeness (QED) is 0.614. The van der Waals surface area contributed by atoms with Gasteiger partial charge in [-0.05, 0) is 30.7 Å². The Labute approximate surface area is 103 Å². The minimum Gasteiger partial charge on any atom is -0.473 e. The van der Waals surface area contributed by atoms with Crippen molar-refractivity contribution in [1.29, 1.82) is 0 Å². The van der Waals surface area contributed by atoms with Crippen LogP contribution in [0.2, 0.25) is 0 Å². The number of halogens is 3. The van der Waals surface area contributed by atoms with Crippen LogP contribution in [0.5, 0.6) is 0 Å². The minimum atomic E-state index is -4.45. The number of aromatic nitrogens is 1. The van der Waals surface area contributed by atoms with Crippen molar-refractivity contribution in [1.82, 2.24) is 4.98 Å². The highest BCUT2D eigenvalue weighted by Crippen LogP contribution is 2.27. The number of aliphatic imine (C=N–C) groups is 1. The molecule has 0 saturated carbocycles. The second-order valence-electron chi connectivity index (χ2n) is 3.35. The Hall–Kier alpha value is -1.85. The summed E-state index contributed by atoms with van der Waals surface area (Å²) in [4.78, 5) is 7.23. The molecule has 0 aliphatic carbocycles. The van der Waals surface area contributed by atoms with Gasteiger partial charge >= 0.3 is 6.18 Å². The number of hydrogen-bond acceptors (Lipinski definition) is 3. The molecule has 0 aromatic carbocycles. The van der Waals surface area contributed by atoms with E-state index in [1.807, 2.05) is 6.92 Å². The molecule has 3 nitrogen and oxygen atoms in total. The highest BCUT2D eigenvalue weighted by atomic mass is 19.4. The number of ether oxygens (including phenoxy) is 1. The molecule has 0 aliphatic heterocycles. The SMILES string of the molecule is C=CC(=NCC)OCc1ccnc(C(F)(F)F)c1. The molecule has 1 aromatic heterocycles. The zero-order valence-corrected chi connectivity index (χ0v) is 9.87. The van der Waals surface area contributed by atoms with Crippen LogP contribution in [0.25, 0.3) is 0 Å². The molecule has 0 aliphatic rings. The summed E-state index contributed by atoms with van der Waals surface area (Å²) in [7, 11) is 0. The van der Waals surface area contributed by atoms with Crippen molar-refractivity contribution in [2.75, 3.05) is 6.54 Å². The zero-order chi connectivity index (χ0) is 13.6. The van der Waals surface area contributed by atoms with Crippen molar-refractivity contribution in [3.8, 4) is 0 Å². The molecule has 1 rings (SSSR count). The lowest BCUT2D eigenvalue weighted by Gasteiger charge is -2.09. The van der Waals surface area contributed by atoms with Gasteiger partial charge in [-0.1, -0.05) is 6.58 Å². The molecule has 1 aromatic rings. The Morgan fingerprint density at radius 2 is 2.28 bits per heavy atom. The Morgan fingerprint density at radius 1 is 1.56 bits per heavy atom. The van der Waals surface area contributed by atoms with Crippen LogP contribution in [0.1, 0.15) is 18.2 Å². The summed E-state index contributed by atoms with van der Waals surface area (Å²) in [5.74, 6) is 0.308. The fourth-order valence-electron chi connectivity index (χ4n) is 1.20. The molecule has 0 atom stereocenters. The van der Waals surface area contributed by atoms with Gasteiger partial charge in [0.1, 0.15) is 12.3 Å². The summed E-state index contributed by atoms with van der Waals surface area (Å²) in [6.07, 6.45) is -1.93. The molecule has 0 N–H and O–H groups in total. The van der Waals surface area contributed by atoms with Gasteiger partial charge in [0.15, 0.2) is 0 Å². The van der Waals surface area contributed by atoms with Crippen molar-refractivity contribution in [2.45, 2.75) is 19.7 Å². The third-order valence-corrected chi connectivity index (χ3v) is 1.99. The third-order valence-electron chi connectivity index (χ3n) is 1.99. The molecule has 0 fully saturated rings. The molecule has 98 valence electrons. The second kappa shape index (κ2) is 6.18. The lowest BCUT2D eigenvalue weighted by Crippen LogP contribution is -2.09. The molecule has 0 radical (unpaired) electrons. The van der Waals surface area contributed by atoms with Gasteiger partial charge in [0.2, 0.25) is 5.90 Å². The predicted molar refractivity (Wildman–Crippen MR) is 62.2 cm³/mol. The highest BCUT2D eigenvalue weighted by Gasteiger charge is 2.32. The van der Waals surface area contributed by atoms with E-state index in [0.717, 1.165) is 12.3 Å². The lowest BCUT2D eigenvalue weighted by molar-refractivity contribution is -0.141. The minimum absolute atomic E-state index is 0.00352. The third kappa shape index (κ3) is 4.20. The fraction of sp³-hybridized carbons (Fsp3) is 0.333. The molecule has 0 bridgehead atoms. The van der Waals surface area contributed by atoms with E-state index >= 15 is 0 Å². The van der Waals surface area contributed by atoms with Crippen LogP contribution < -0.4 is 0 Å². The number of nitrogens with zero attached hydrogens (tertiary/aromatic N) is 2. The maximum atomic E-state index is 12.4. The number of rotatable bonds is 4. The van der Waals surface area contributed by atoms with E-state index in [9.17, 15) is 13.2 Å². The zero-order valence-electron chi connectivity index (χ0n) is 9.87. The largest absolute Gasteiger partial charge is 0.473 e. The van der Waals surface area contributed by atoms with Crippen molar-refractivity contribution < 1.29 is 17.9 Å². The Balaban J connectivity index is 2.74. The first-order chi connectivity index (χ1) is 8.47. The van der Waals surface area contributed by atoms with Gasteiger partial charge < -0.3 is 4.74 Å². The predicted octanol–water partition coefficient (Wildman–Crippen LogP) is 3.22. The van der Waals surface area contributed by atoms with Crippen LogP contribution in [0.15, 0.2) is 36.0 Å². The van der Waals surface area contributed by atoms with Crippen LogP contribution in [-0.4, -0.2) is 17.4 Å². The van der Waals surface area contributed by atoms with E-state index in [1.54, 1.807) is 0 Å². The van der Waals surface area contributed by atoms with E-state index in [1.165, 1.54) is 12.1 Å². The first kappa shape index (κ1) is 14.2. The van der Waals surface area contributed by atoms with Crippen molar-refractivity contribution in [3.05, 3.63) is 42.2 Å². The summed E-state index contributed by atoms with van der Waals surface area (Å²) < 4.78 is 42.5. The van der Waals surface area contributed by atoms with E-state index in [4.69, 9.17) is 4.74 Å². The van der Waals surface area contributed by atoms with E-state index in [2.05, 4.69) is 16.6 Å². The first-order valence-electron chi connectivity index (χ1n) is 5.29. The van der Waals surface area contributed by atoms with E-state index in [-0.39, 0.29) is 6.61 Å². The molecular weight excluding hydrogens is 245 g/mol. The normalized spacial score (nSPS) is 12.3. The van der Waals surface area contributed by atoms with Crippen LogP contribution in [0.3, 0.4) is 0 Å². The Kier molecular flexibility index (Phi) is 4.88. The second-order valence-corrected chi connectivity index (χ2v) is 3.35. The van der Waals surface area contributed by atoms with Crippen molar-refractivity contribution in [2.24, 2.45) is 4.99 Å². The van der Waals surface area contributed by atoms with E-state index in [0.29, 0.717) is 18.0 Å². The van der Waals surface area contributed by atoms with Gasteiger partial charge in [-0.25, -0.2) is 0 Å². The first-order valence-corrected chi connectivity index (χ1v) is 5.29. The fourth-order valence-corrected chi connectivity index (χ4v) is 1.20. The number of pyridine rings is 1. The highest BCUT2D eigenvalue weighted by molar-refractivity contribution is 5.86. The molecule has 0 unspecified atom stereocenters. The van der Waals surface area contributed by atoms with Gasteiger partial charge in [0.25, 0.3) is 0 Å². The Bertz CT molecular complexity index is 441. The number of alkyl halides is 3. The summed E-state index contributed by atoms with van der Waals surface area (Å²) >= 11 is 0. The van der Waals surface area contributed by atoms with Gasteiger partial charge in [0, 0.05) is 12.7 Å². The van der Waals surface area contributed by atoms with Crippen LogP contribution >= 0.6 is 0 Å². The average molecular weight is 258 g/mol. The monoisotopic (exact) mass is 258 g/mol. The van der Waals surface area contributed by atoms with Gasteiger partial charge in [-0.3, -0.25) is 9.98 Å². The summed E-state index contributed by atoms with van der Waals surface area (Å²) in [6.45, 7) is 5.84. The lowest BCUT2D eigenvalue weighted by atomic mass is 10.2. The number of hydrogen-bond donors (Lipinski definition) is 0. The average Bonchev–Trinajstić information content (AvgIpc) is 2.34. The molecule has 0 saturated heterocycles. The molecule has 0 amide bonds. The van der Waals surface area contributed by atoms with Crippen LogP contribution in [0, 0.1) is 0 Å². The molecular formula is C12H13F3N2O. The van der Waals surface area contributed by atoms with Crippen LogP contribution in [-0.2, 0) is 17.5 Å². The smallest absolute Gasteiger partial charge is 0.433 e. The summed E-state index contributed by atoms with van der Waals surface area (Å²) in [5.41, 5.74) is -0.556. The molecule has 6 heteroatoms. The molecule has 0 spiro atoms. The van der Waals surface area contributed by atoms with Crippen LogP contribution in [0.4, 0.5) is 13.2 Å². The van der Waals surface area contributed by atoms with E-state index < -0.39 is 11.9 Å². The Morgan fingerprint density at radius 3 is 2.83 bits per heavy atom. The maximum absolute atomic E-state index is 12.4. The van der Waals surface area contributed by atoms with Gasteiger partial charge in [-0.15, -0.1) is 0 Å². The molecule has 1 heterocycles. The summed E-state index contributed by atoms with van der Waals surface area (Å²) in [6, 6.07) is 2.41. The van der Waals surface area contributed by atoms with Gasteiger partial charge in [-0.2, -0.15) is 13.2 Å². The van der Waals surface area contributed by atoms with Gasteiger partial charge in [0.05, 0.1) is 0 Å². The topological polar surface area (TPSA) is 34.5 Å². The summed E-state index contributed by atoms with van der Waals surface area (Å²) in [5, 5.41) is 0. The van der Waals surface area contributed by atoms with Crippen molar-refractivity contribution in [3.63, 3.8) is 0 Å². The standard InChI is InChI=1S/C12H13F3N2O/c1-3-11(16-4-2)18-8-9-5-6-17-10(7-9)12(13,14)15/h3,5-7H,1,4,8H2,2H3. The molecule has 18 heavy (non-hydrogen) atoms. The maximum Gasteiger partial charge on any atom is 0.433 e.